The topological polar surface area (TPSA) is 12.0 Å². The zero-order chi connectivity index (χ0) is 15.6. The molecule has 1 N–H and O–H groups in total. The average molecular weight is 293 g/mol. The third kappa shape index (κ3) is 3.10. The third-order valence-corrected chi connectivity index (χ3v) is 3.48. The maximum absolute atomic E-state index is 14.4. The van der Waals surface area contributed by atoms with E-state index in [0.717, 1.165) is 5.56 Å². The Kier molecular flexibility index (Phi) is 4.68. The summed E-state index contributed by atoms with van der Waals surface area (Å²) in [5, 5.41) is 2.97. The number of hydrogen-bond donors (Lipinski definition) is 1. The van der Waals surface area contributed by atoms with E-state index in [2.05, 4.69) is 5.32 Å². The zero-order valence-electron chi connectivity index (χ0n) is 12.3. The van der Waals surface area contributed by atoms with E-state index in [1.807, 2.05) is 13.8 Å². The van der Waals surface area contributed by atoms with Crippen molar-refractivity contribution in [1.29, 1.82) is 0 Å². The van der Waals surface area contributed by atoms with Crippen LogP contribution >= 0.6 is 0 Å². The van der Waals surface area contributed by atoms with Crippen molar-refractivity contribution in [2.75, 3.05) is 6.54 Å². The number of hydrogen-bond acceptors (Lipinski definition) is 1. The Morgan fingerprint density at radius 2 is 1.67 bits per heavy atom. The van der Waals surface area contributed by atoms with Gasteiger partial charge < -0.3 is 5.32 Å². The molecule has 0 radical (unpaired) electrons. The summed E-state index contributed by atoms with van der Waals surface area (Å²) in [6.07, 6.45) is 0. The molecule has 0 aliphatic heterocycles. The van der Waals surface area contributed by atoms with Crippen molar-refractivity contribution in [1.82, 2.24) is 5.32 Å². The molecule has 0 aromatic heterocycles. The fraction of sp³-hybridized carbons (Fsp3) is 0.294. The molecule has 1 nitrogen and oxygen atoms in total. The van der Waals surface area contributed by atoms with Crippen LogP contribution in [-0.4, -0.2) is 6.54 Å². The molecule has 2 rings (SSSR count). The van der Waals surface area contributed by atoms with Gasteiger partial charge in [0, 0.05) is 11.1 Å². The second-order valence-electron chi connectivity index (χ2n) is 5.11. The molecule has 0 fully saturated rings. The van der Waals surface area contributed by atoms with E-state index < -0.39 is 23.5 Å². The molecule has 1 unspecified atom stereocenters. The highest BCUT2D eigenvalue weighted by molar-refractivity contribution is 5.38. The maximum atomic E-state index is 14.4. The summed E-state index contributed by atoms with van der Waals surface area (Å²) in [4.78, 5) is 0. The van der Waals surface area contributed by atoms with Gasteiger partial charge >= 0.3 is 0 Å². The fourth-order valence-corrected chi connectivity index (χ4v) is 2.40. The quantitative estimate of drug-likeness (QED) is 0.880. The van der Waals surface area contributed by atoms with Gasteiger partial charge in [-0.25, -0.2) is 13.2 Å². The molecule has 112 valence electrons. The molecule has 2 aromatic carbocycles. The summed E-state index contributed by atoms with van der Waals surface area (Å²) in [7, 11) is 0. The van der Waals surface area contributed by atoms with Crippen LogP contribution in [0, 0.1) is 31.3 Å². The molecule has 4 heteroatoms. The molecule has 21 heavy (non-hydrogen) atoms. The molecular weight excluding hydrogens is 275 g/mol. The molecule has 0 heterocycles. The van der Waals surface area contributed by atoms with Crippen LogP contribution < -0.4 is 5.32 Å². The van der Waals surface area contributed by atoms with Crippen LogP contribution in [0.3, 0.4) is 0 Å². The lowest BCUT2D eigenvalue weighted by Crippen LogP contribution is -2.25. The molecule has 0 bridgehead atoms. The highest BCUT2D eigenvalue weighted by Gasteiger charge is 2.24. The summed E-state index contributed by atoms with van der Waals surface area (Å²) in [6.45, 7) is 5.65. The lowest BCUT2D eigenvalue weighted by atomic mass is 9.94. The van der Waals surface area contributed by atoms with Gasteiger partial charge in [0.05, 0.1) is 6.04 Å². The lowest BCUT2D eigenvalue weighted by molar-refractivity contribution is 0.492. The van der Waals surface area contributed by atoms with E-state index in [4.69, 9.17) is 0 Å². The minimum atomic E-state index is -0.852. The van der Waals surface area contributed by atoms with E-state index in [-0.39, 0.29) is 11.1 Å². The van der Waals surface area contributed by atoms with E-state index in [1.165, 1.54) is 18.2 Å². The van der Waals surface area contributed by atoms with Crippen molar-refractivity contribution >= 4 is 0 Å². The molecule has 0 aliphatic carbocycles. The molecular formula is C17H18F3N. The highest BCUT2D eigenvalue weighted by Crippen LogP contribution is 2.30. The molecule has 0 aliphatic rings. The second kappa shape index (κ2) is 6.31. The van der Waals surface area contributed by atoms with Crippen molar-refractivity contribution in [3.05, 3.63) is 70.0 Å². The molecule has 1 atom stereocenters. The van der Waals surface area contributed by atoms with Gasteiger partial charge in [-0.3, -0.25) is 0 Å². The van der Waals surface area contributed by atoms with E-state index in [9.17, 15) is 13.2 Å². The summed E-state index contributed by atoms with van der Waals surface area (Å²) >= 11 is 0. The molecule has 2 aromatic rings. The van der Waals surface area contributed by atoms with Gasteiger partial charge in [-0.2, -0.15) is 0 Å². The van der Waals surface area contributed by atoms with Crippen LogP contribution in [0.1, 0.15) is 35.2 Å². The smallest absolute Gasteiger partial charge is 0.134 e. The van der Waals surface area contributed by atoms with Crippen molar-refractivity contribution in [2.45, 2.75) is 26.8 Å². The first-order chi connectivity index (χ1) is 9.95. The first-order valence-electron chi connectivity index (χ1n) is 6.89. The van der Waals surface area contributed by atoms with Crippen LogP contribution in [0.25, 0.3) is 0 Å². The number of aryl methyl sites for hydroxylation is 2. The van der Waals surface area contributed by atoms with Gasteiger partial charge in [-0.05, 0) is 38.1 Å². The Hall–Kier alpha value is -1.81. The molecule has 0 spiro atoms. The Balaban J connectivity index is 2.64. The van der Waals surface area contributed by atoms with Gasteiger partial charge in [0.1, 0.15) is 17.5 Å². The van der Waals surface area contributed by atoms with E-state index in [0.29, 0.717) is 12.1 Å². The van der Waals surface area contributed by atoms with Crippen LogP contribution in [-0.2, 0) is 0 Å². The van der Waals surface area contributed by atoms with Gasteiger partial charge in [-0.1, -0.05) is 30.7 Å². The average Bonchev–Trinajstić information content (AvgIpc) is 2.45. The Labute approximate surface area is 122 Å². The Morgan fingerprint density at radius 3 is 2.33 bits per heavy atom. The van der Waals surface area contributed by atoms with Gasteiger partial charge in [0.25, 0.3) is 0 Å². The van der Waals surface area contributed by atoms with Gasteiger partial charge in [0.15, 0.2) is 0 Å². The van der Waals surface area contributed by atoms with Crippen molar-refractivity contribution in [3.63, 3.8) is 0 Å². The summed E-state index contributed by atoms with van der Waals surface area (Å²) in [6, 6.07) is 6.31. The van der Waals surface area contributed by atoms with E-state index in [1.54, 1.807) is 19.1 Å². The minimum absolute atomic E-state index is 0.138. The predicted octanol–water partition coefficient (Wildman–Crippen LogP) is 4.42. The van der Waals surface area contributed by atoms with Gasteiger partial charge in [0.2, 0.25) is 0 Å². The largest absolute Gasteiger partial charge is 0.306 e. The zero-order valence-corrected chi connectivity index (χ0v) is 12.3. The van der Waals surface area contributed by atoms with Crippen LogP contribution in [0.2, 0.25) is 0 Å². The highest BCUT2D eigenvalue weighted by atomic mass is 19.1. The number of rotatable bonds is 4. The monoisotopic (exact) mass is 293 g/mol. The minimum Gasteiger partial charge on any atom is -0.306 e. The van der Waals surface area contributed by atoms with Crippen molar-refractivity contribution < 1.29 is 13.2 Å². The van der Waals surface area contributed by atoms with Crippen LogP contribution in [0.15, 0.2) is 30.3 Å². The Bertz CT molecular complexity index is 653. The predicted molar refractivity (Wildman–Crippen MR) is 77.8 cm³/mol. The third-order valence-electron chi connectivity index (χ3n) is 3.48. The standard InChI is InChI=1S/C17H18F3N/c1-4-21-17(12-9-10(2)5-7-13(12)18)15-14(19)8-6-11(3)16(15)20/h5-9,17,21H,4H2,1-3H3. The first-order valence-corrected chi connectivity index (χ1v) is 6.89. The number of nitrogens with one attached hydrogen (secondary N) is 1. The Morgan fingerprint density at radius 1 is 1.00 bits per heavy atom. The van der Waals surface area contributed by atoms with Gasteiger partial charge in [-0.15, -0.1) is 0 Å². The normalized spacial score (nSPS) is 12.5. The maximum Gasteiger partial charge on any atom is 0.134 e. The molecule has 0 saturated heterocycles. The molecule has 0 saturated carbocycles. The second-order valence-corrected chi connectivity index (χ2v) is 5.11. The van der Waals surface area contributed by atoms with Crippen molar-refractivity contribution in [2.24, 2.45) is 0 Å². The fourth-order valence-electron chi connectivity index (χ4n) is 2.40. The van der Waals surface area contributed by atoms with E-state index >= 15 is 0 Å². The molecule has 0 amide bonds. The first kappa shape index (κ1) is 15.6. The van der Waals surface area contributed by atoms with Crippen LogP contribution in [0.4, 0.5) is 13.2 Å². The lowest BCUT2D eigenvalue weighted by Gasteiger charge is -2.22. The summed E-state index contributed by atoms with van der Waals surface area (Å²) in [5.74, 6) is -1.79. The summed E-state index contributed by atoms with van der Waals surface area (Å²) < 4.78 is 42.6. The van der Waals surface area contributed by atoms with Crippen molar-refractivity contribution in [3.8, 4) is 0 Å². The SMILES string of the molecule is CCNC(c1cc(C)ccc1F)c1c(F)ccc(C)c1F. The number of halogens is 3. The summed E-state index contributed by atoms with van der Waals surface area (Å²) in [5.41, 5.74) is 1.28. The van der Waals surface area contributed by atoms with Crippen LogP contribution in [0.5, 0.6) is 0 Å². The number of benzene rings is 2.